The Bertz CT molecular complexity index is 1260. The number of fused-ring (bicyclic) bond motifs is 3. The summed E-state index contributed by atoms with van der Waals surface area (Å²) in [5, 5.41) is 13.3. The molecule has 0 aliphatic carbocycles. The second-order valence-electron chi connectivity index (χ2n) is 7.24. The molecule has 0 saturated heterocycles. The Labute approximate surface area is 181 Å². The first-order valence-electron chi connectivity index (χ1n) is 9.57. The molecule has 2 aliphatic rings. The number of hydroxylamine groups is 2. The summed E-state index contributed by atoms with van der Waals surface area (Å²) in [4.78, 5) is 31.2. The van der Waals surface area contributed by atoms with Crippen molar-refractivity contribution in [1.29, 1.82) is 0 Å². The van der Waals surface area contributed by atoms with Crippen molar-refractivity contribution in [1.82, 2.24) is 9.74 Å². The maximum absolute atomic E-state index is 14.1. The lowest BCUT2D eigenvalue weighted by Crippen LogP contribution is -2.55. The Kier molecular flexibility index (Phi) is 4.71. The van der Waals surface area contributed by atoms with Crippen molar-refractivity contribution < 1.29 is 19.1 Å². The third kappa shape index (κ3) is 3.08. The predicted octanol–water partition coefficient (Wildman–Crippen LogP) is 3.00. The molecule has 0 saturated carbocycles. The molecule has 1 aromatic heterocycles. The number of thioether (sulfide) groups is 1. The lowest BCUT2D eigenvalue weighted by Gasteiger charge is -2.43. The predicted molar refractivity (Wildman–Crippen MR) is 113 cm³/mol. The van der Waals surface area contributed by atoms with Crippen LogP contribution in [0.4, 0.5) is 4.39 Å². The first kappa shape index (κ1) is 19.7. The molecule has 0 unspecified atom stereocenters. The number of hydrogen-bond acceptors (Lipinski definition) is 6. The van der Waals surface area contributed by atoms with E-state index in [0.717, 1.165) is 26.6 Å². The molecule has 31 heavy (non-hydrogen) atoms. The Hall–Kier alpha value is -3.30. The summed E-state index contributed by atoms with van der Waals surface area (Å²) in [5.74, 6) is -0.999. The van der Waals surface area contributed by atoms with E-state index in [1.807, 2.05) is 29.3 Å². The SMILES string of the molecule is CON1CN([C@H]2c3ccc(F)cc3CSc3ccccc32)n2ccc(=O)c(O)c2C1=O. The lowest BCUT2D eigenvalue weighted by molar-refractivity contribution is -0.105. The number of benzene rings is 2. The maximum atomic E-state index is 14.1. The van der Waals surface area contributed by atoms with Crippen LogP contribution in [-0.2, 0) is 10.6 Å². The van der Waals surface area contributed by atoms with Gasteiger partial charge in [0.05, 0.1) is 13.2 Å². The zero-order valence-electron chi connectivity index (χ0n) is 16.5. The van der Waals surface area contributed by atoms with E-state index >= 15 is 0 Å². The highest BCUT2D eigenvalue weighted by Gasteiger charge is 2.38. The Morgan fingerprint density at radius 3 is 2.74 bits per heavy atom. The topological polar surface area (TPSA) is 75.0 Å². The Balaban J connectivity index is 1.79. The number of pyridine rings is 1. The van der Waals surface area contributed by atoms with Crippen molar-refractivity contribution in [2.45, 2.75) is 16.7 Å². The van der Waals surface area contributed by atoms with Gasteiger partial charge in [-0.05, 0) is 34.9 Å². The zero-order valence-corrected chi connectivity index (χ0v) is 17.3. The van der Waals surface area contributed by atoms with E-state index in [0.29, 0.717) is 5.75 Å². The van der Waals surface area contributed by atoms with Crippen molar-refractivity contribution in [3.8, 4) is 5.75 Å². The number of amides is 1. The molecule has 158 valence electrons. The smallest absolute Gasteiger partial charge is 0.301 e. The molecule has 0 radical (unpaired) electrons. The second-order valence-corrected chi connectivity index (χ2v) is 8.26. The number of carbonyl (C=O) groups excluding carboxylic acids is 1. The third-order valence-electron chi connectivity index (χ3n) is 5.55. The van der Waals surface area contributed by atoms with E-state index in [2.05, 4.69) is 0 Å². The van der Waals surface area contributed by atoms with Gasteiger partial charge in [0.2, 0.25) is 5.43 Å². The van der Waals surface area contributed by atoms with Crippen LogP contribution < -0.4 is 10.4 Å². The highest BCUT2D eigenvalue weighted by molar-refractivity contribution is 7.98. The minimum absolute atomic E-state index is 0.0329. The van der Waals surface area contributed by atoms with Gasteiger partial charge in [-0.3, -0.25) is 24.1 Å². The third-order valence-corrected chi connectivity index (χ3v) is 6.69. The molecule has 0 bridgehead atoms. The summed E-state index contributed by atoms with van der Waals surface area (Å²) in [6.07, 6.45) is 1.46. The molecular formula is C22H18FN3O4S. The molecule has 3 heterocycles. The largest absolute Gasteiger partial charge is 0.502 e. The average Bonchev–Trinajstić information content (AvgIpc) is 2.93. The summed E-state index contributed by atoms with van der Waals surface area (Å²) in [6.45, 7) is 0.0329. The molecule has 3 aromatic rings. The Morgan fingerprint density at radius 1 is 1.13 bits per heavy atom. The molecule has 5 rings (SSSR count). The van der Waals surface area contributed by atoms with Crippen LogP contribution in [0, 0.1) is 5.82 Å². The van der Waals surface area contributed by atoms with E-state index in [1.54, 1.807) is 17.8 Å². The van der Waals surface area contributed by atoms with Gasteiger partial charge >= 0.3 is 5.91 Å². The van der Waals surface area contributed by atoms with E-state index in [-0.39, 0.29) is 18.2 Å². The van der Waals surface area contributed by atoms with Crippen LogP contribution in [0.15, 0.2) is 64.4 Å². The van der Waals surface area contributed by atoms with Gasteiger partial charge in [-0.1, -0.05) is 24.3 Å². The van der Waals surface area contributed by atoms with Crippen LogP contribution in [0.2, 0.25) is 0 Å². The second kappa shape index (κ2) is 7.44. The van der Waals surface area contributed by atoms with Gasteiger partial charge in [0.1, 0.15) is 12.5 Å². The molecule has 7 nitrogen and oxygen atoms in total. The van der Waals surface area contributed by atoms with E-state index in [1.165, 1.54) is 36.2 Å². The van der Waals surface area contributed by atoms with Gasteiger partial charge in [-0.15, -0.1) is 11.8 Å². The van der Waals surface area contributed by atoms with Crippen molar-refractivity contribution in [2.24, 2.45) is 0 Å². The van der Waals surface area contributed by atoms with Gasteiger partial charge < -0.3 is 5.11 Å². The molecule has 9 heteroatoms. The number of rotatable bonds is 2. The monoisotopic (exact) mass is 439 g/mol. The fourth-order valence-corrected chi connectivity index (χ4v) is 5.19. The first-order chi connectivity index (χ1) is 15.0. The molecule has 1 N–H and O–H groups in total. The van der Waals surface area contributed by atoms with E-state index < -0.39 is 23.1 Å². The summed E-state index contributed by atoms with van der Waals surface area (Å²) >= 11 is 1.61. The minimum Gasteiger partial charge on any atom is -0.502 e. The van der Waals surface area contributed by atoms with Crippen molar-refractivity contribution >= 4 is 17.7 Å². The molecule has 1 atom stereocenters. The molecular weight excluding hydrogens is 421 g/mol. The van der Waals surface area contributed by atoms with Crippen LogP contribution in [0.3, 0.4) is 0 Å². The molecule has 0 spiro atoms. The van der Waals surface area contributed by atoms with E-state index in [9.17, 15) is 19.1 Å². The average molecular weight is 439 g/mol. The summed E-state index contributed by atoms with van der Waals surface area (Å²) in [7, 11) is 1.35. The standard InChI is InChI=1S/C22H18FN3O4S/c1-30-26-12-25(24-9-8-17(27)21(28)20(24)22(26)29)19-15-7-6-14(23)10-13(15)11-31-18-5-3-2-4-16(18)19/h2-10,19,28H,11-12H2,1H3/t19-/m0/s1. The van der Waals surface area contributed by atoms with Crippen LogP contribution >= 0.6 is 11.8 Å². The zero-order chi connectivity index (χ0) is 21.7. The molecule has 2 aromatic carbocycles. The Morgan fingerprint density at radius 2 is 1.94 bits per heavy atom. The lowest BCUT2D eigenvalue weighted by atomic mass is 9.94. The number of hydrogen-bond donors (Lipinski definition) is 1. The van der Waals surface area contributed by atoms with Crippen molar-refractivity contribution in [2.75, 3.05) is 18.8 Å². The van der Waals surface area contributed by atoms with E-state index in [4.69, 9.17) is 4.84 Å². The fraction of sp³-hybridized carbons (Fsp3) is 0.182. The van der Waals surface area contributed by atoms with Gasteiger partial charge in [-0.2, -0.15) is 5.06 Å². The number of aromatic nitrogens is 1. The molecule has 0 fully saturated rings. The molecule has 1 amide bonds. The summed E-state index contributed by atoms with van der Waals surface area (Å²) in [6, 6.07) is 13.3. The number of aromatic hydroxyl groups is 1. The highest BCUT2D eigenvalue weighted by Crippen LogP contribution is 2.43. The first-order valence-corrected chi connectivity index (χ1v) is 10.6. The highest BCUT2D eigenvalue weighted by atomic mass is 32.2. The summed E-state index contributed by atoms with van der Waals surface area (Å²) < 4.78 is 15.5. The normalized spacial score (nSPS) is 17.6. The van der Waals surface area contributed by atoms with Gasteiger partial charge in [-0.25, -0.2) is 4.39 Å². The number of nitrogens with zero attached hydrogens (tertiary/aromatic N) is 3. The quantitative estimate of drug-likeness (QED) is 0.662. The number of halogens is 1. The van der Waals surface area contributed by atoms with Gasteiger partial charge in [0.25, 0.3) is 0 Å². The fourth-order valence-electron chi connectivity index (χ4n) is 4.11. The summed E-state index contributed by atoms with van der Waals surface area (Å²) in [5.41, 5.74) is 1.83. The van der Waals surface area contributed by atoms with Gasteiger partial charge in [0, 0.05) is 22.9 Å². The van der Waals surface area contributed by atoms with Crippen molar-refractivity contribution in [3.63, 3.8) is 0 Å². The van der Waals surface area contributed by atoms with Crippen LogP contribution in [0.5, 0.6) is 5.75 Å². The minimum atomic E-state index is -0.656. The van der Waals surface area contributed by atoms with Crippen LogP contribution in [0.25, 0.3) is 0 Å². The van der Waals surface area contributed by atoms with Crippen molar-refractivity contribution in [3.05, 3.63) is 93.2 Å². The molecule has 2 aliphatic heterocycles. The van der Waals surface area contributed by atoms with Crippen LogP contribution in [-0.4, -0.2) is 34.5 Å². The van der Waals surface area contributed by atoms with Gasteiger partial charge in [0.15, 0.2) is 11.4 Å². The maximum Gasteiger partial charge on any atom is 0.301 e. The number of carbonyl (C=O) groups is 1. The van der Waals surface area contributed by atoms with Crippen LogP contribution in [0.1, 0.15) is 33.2 Å².